The first-order valence-corrected chi connectivity index (χ1v) is 8.19. The fourth-order valence-corrected chi connectivity index (χ4v) is 3.58. The normalized spacial score (nSPS) is 17.7. The second-order valence-corrected chi connectivity index (χ2v) is 6.74. The molecule has 1 aliphatic carbocycles. The van der Waals surface area contributed by atoms with Crippen LogP contribution in [0.25, 0.3) is 0 Å². The van der Waals surface area contributed by atoms with Crippen LogP contribution in [-0.2, 0) is 13.6 Å². The van der Waals surface area contributed by atoms with Crippen molar-refractivity contribution >= 4 is 11.6 Å². The zero-order valence-electron chi connectivity index (χ0n) is 13.1. The molecule has 1 atom stereocenters. The highest BCUT2D eigenvalue weighted by atomic mass is 35.5. The Morgan fingerprint density at radius 3 is 2.78 bits per heavy atom. The number of hydrogen-bond acceptors (Lipinski definition) is 3. The number of benzene rings is 1. The van der Waals surface area contributed by atoms with Gasteiger partial charge in [0.05, 0.1) is 12.8 Å². The minimum Gasteiger partial charge on any atom is -0.396 e. The topological polar surface area (TPSA) is 50.1 Å². The average Bonchev–Trinajstić information content (AvgIpc) is 2.90. The molecule has 23 heavy (non-hydrogen) atoms. The summed E-state index contributed by atoms with van der Waals surface area (Å²) in [5.74, 6) is -0.318. The first kappa shape index (κ1) is 16.4. The van der Waals surface area contributed by atoms with E-state index in [9.17, 15) is 9.50 Å². The van der Waals surface area contributed by atoms with Crippen molar-refractivity contribution < 1.29 is 9.50 Å². The maximum absolute atomic E-state index is 14.0. The van der Waals surface area contributed by atoms with Gasteiger partial charge in [-0.3, -0.25) is 4.68 Å². The lowest BCUT2D eigenvalue weighted by Gasteiger charge is -2.46. The lowest BCUT2D eigenvalue weighted by molar-refractivity contribution is 0.00449. The first-order valence-electron chi connectivity index (χ1n) is 7.81. The van der Waals surface area contributed by atoms with Gasteiger partial charge < -0.3 is 10.4 Å². The lowest BCUT2D eigenvalue weighted by atomic mass is 9.63. The molecule has 0 amide bonds. The number of hydrogen-bond donors (Lipinski definition) is 2. The Morgan fingerprint density at radius 1 is 1.48 bits per heavy atom. The predicted molar refractivity (Wildman–Crippen MR) is 87.6 cm³/mol. The molecule has 1 heterocycles. The largest absolute Gasteiger partial charge is 0.396 e. The average molecular weight is 338 g/mol. The predicted octanol–water partition coefficient (Wildman–Crippen LogP) is 3.21. The van der Waals surface area contributed by atoms with E-state index in [1.54, 1.807) is 23.0 Å². The SMILES string of the molecule is Cn1cc([C@@H](NCc2c(F)cccc2Cl)C2(CO)CCC2)cn1. The summed E-state index contributed by atoms with van der Waals surface area (Å²) in [4.78, 5) is 0. The molecule has 0 saturated heterocycles. The number of rotatable bonds is 6. The van der Waals surface area contributed by atoms with E-state index >= 15 is 0 Å². The third-order valence-corrected chi connectivity index (χ3v) is 5.23. The molecule has 6 heteroatoms. The van der Waals surface area contributed by atoms with Crippen LogP contribution in [0.15, 0.2) is 30.6 Å². The second kappa shape index (κ2) is 6.59. The molecule has 0 aliphatic heterocycles. The maximum Gasteiger partial charge on any atom is 0.129 e. The van der Waals surface area contributed by atoms with Gasteiger partial charge in [0.15, 0.2) is 0 Å². The summed E-state index contributed by atoms with van der Waals surface area (Å²) >= 11 is 6.11. The molecular formula is C17H21ClFN3O. The Bertz CT molecular complexity index is 658. The molecule has 0 radical (unpaired) electrons. The van der Waals surface area contributed by atoms with E-state index in [2.05, 4.69) is 10.4 Å². The number of aryl methyl sites for hydroxylation is 1. The van der Waals surface area contributed by atoms with Crippen molar-refractivity contribution in [2.75, 3.05) is 6.61 Å². The van der Waals surface area contributed by atoms with Gasteiger partial charge in [-0.05, 0) is 25.0 Å². The smallest absolute Gasteiger partial charge is 0.129 e. The van der Waals surface area contributed by atoms with Crippen molar-refractivity contribution in [3.05, 3.63) is 52.6 Å². The zero-order valence-corrected chi connectivity index (χ0v) is 13.9. The van der Waals surface area contributed by atoms with E-state index in [0.717, 1.165) is 24.8 Å². The van der Waals surface area contributed by atoms with E-state index in [0.29, 0.717) is 17.1 Å². The standard InChI is InChI=1S/C17H21ClFN3O/c1-22-10-12(8-21-22)16(17(11-23)6-3-7-17)20-9-13-14(18)4-2-5-15(13)19/h2,4-5,8,10,16,20,23H,3,6-7,9,11H2,1H3/t16-/m1/s1. The molecule has 3 rings (SSSR count). The van der Waals surface area contributed by atoms with Crippen LogP contribution in [0.2, 0.25) is 5.02 Å². The summed E-state index contributed by atoms with van der Waals surface area (Å²) in [6, 6.07) is 4.62. The molecule has 2 N–H and O–H groups in total. The third kappa shape index (κ3) is 3.13. The highest BCUT2D eigenvalue weighted by molar-refractivity contribution is 6.31. The minimum absolute atomic E-state index is 0.0781. The van der Waals surface area contributed by atoms with Gasteiger partial charge in [0.25, 0.3) is 0 Å². The molecule has 1 fully saturated rings. The Kier molecular flexibility index (Phi) is 4.71. The van der Waals surface area contributed by atoms with Gasteiger partial charge in [-0.15, -0.1) is 0 Å². The van der Waals surface area contributed by atoms with Crippen molar-refractivity contribution in [3.63, 3.8) is 0 Å². The van der Waals surface area contributed by atoms with Crippen molar-refractivity contribution in [3.8, 4) is 0 Å². The molecule has 1 aromatic heterocycles. The molecule has 2 aromatic rings. The summed E-state index contributed by atoms with van der Waals surface area (Å²) in [5, 5.41) is 18.0. The number of nitrogens with one attached hydrogen (secondary N) is 1. The highest BCUT2D eigenvalue weighted by Gasteiger charge is 2.44. The van der Waals surface area contributed by atoms with Gasteiger partial charge in [-0.2, -0.15) is 5.10 Å². The van der Waals surface area contributed by atoms with E-state index in [4.69, 9.17) is 11.6 Å². The van der Waals surface area contributed by atoms with Crippen molar-refractivity contribution in [2.45, 2.75) is 31.8 Å². The highest BCUT2D eigenvalue weighted by Crippen LogP contribution is 2.50. The van der Waals surface area contributed by atoms with E-state index in [1.165, 1.54) is 6.07 Å². The quantitative estimate of drug-likeness (QED) is 0.851. The molecule has 0 spiro atoms. The summed E-state index contributed by atoms with van der Waals surface area (Å²) in [7, 11) is 1.86. The van der Waals surface area contributed by atoms with E-state index in [1.807, 2.05) is 13.2 Å². The van der Waals surface area contributed by atoms with Crippen LogP contribution < -0.4 is 5.32 Å². The van der Waals surface area contributed by atoms with Crippen LogP contribution in [-0.4, -0.2) is 21.5 Å². The van der Waals surface area contributed by atoms with Crippen LogP contribution >= 0.6 is 11.6 Å². The van der Waals surface area contributed by atoms with Gasteiger partial charge in [0, 0.05) is 47.4 Å². The molecule has 124 valence electrons. The van der Waals surface area contributed by atoms with Gasteiger partial charge in [-0.25, -0.2) is 4.39 Å². The number of aliphatic hydroxyl groups excluding tert-OH is 1. The zero-order chi connectivity index (χ0) is 16.4. The molecule has 4 nitrogen and oxygen atoms in total. The molecule has 0 bridgehead atoms. The molecule has 1 aromatic carbocycles. The van der Waals surface area contributed by atoms with Gasteiger partial charge in [-0.1, -0.05) is 24.1 Å². The van der Waals surface area contributed by atoms with Crippen molar-refractivity contribution in [2.24, 2.45) is 12.5 Å². The van der Waals surface area contributed by atoms with Crippen molar-refractivity contribution in [1.29, 1.82) is 0 Å². The summed E-state index contributed by atoms with van der Waals surface area (Å²) in [6.07, 6.45) is 6.73. The minimum atomic E-state index is -0.318. The fourth-order valence-electron chi connectivity index (χ4n) is 3.35. The Morgan fingerprint density at radius 2 is 2.26 bits per heavy atom. The van der Waals surface area contributed by atoms with Crippen LogP contribution in [0.3, 0.4) is 0 Å². The van der Waals surface area contributed by atoms with Crippen LogP contribution in [0.1, 0.15) is 36.4 Å². The number of nitrogens with zero attached hydrogens (tertiary/aromatic N) is 2. The molecule has 0 unspecified atom stereocenters. The molecule has 1 aliphatic rings. The maximum atomic E-state index is 14.0. The van der Waals surface area contributed by atoms with Gasteiger partial charge in [0.2, 0.25) is 0 Å². The Balaban J connectivity index is 1.85. The van der Waals surface area contributed by atoms with Crippen LogP contribution in [0, 0.1) is 11.2 Å². The second-order valence-electron chi connectivity index (χ2n) is 6.34. The van der Waals surface area contributed by atoms with Crippen LogP contribution in [0.4, 0.5) is 4.39 Å². The van der Waals surface area contributed by atoms with Gasteiger partial charge in [0.1, 0.15) is 5.82 Å². The summed E-state index contributed by atoms with van der Waals surface area (Å²) in [6.45, 7) is 0.414. The monoisotopic (exact) mass is 337 g/mol. The van der Waals surface area contributed by atoms with Crippen molar-refractivity contribution in [1.82, 2.24) is 15.1 Å². The Hall–Kier alpha value is -1.43. The number of halogens is 2. The lowest BCUT2D eigenvalue weighted by Crippen LogP contribution is -2.45. The van der Waals surface area contributed by atoms with E-state index in [-0.39, 0.29) is 23.9 Å². The number of aliphatic hydroxyl groups is 1. The van der Waals surface area contributed by atoms with Gasteiger partial charge >= 0.3 is 0 Å². The molecular weight excluding hydrogens is 317 g/mol. The fraction of sp³-hybridized carbons (Fsp3) is 0.471. The molecule has 1 saturated carbocycles. The third-order valence-electron chi connectivity index (χ3n) is 4.88. The number of aromatic nitrogens is 2. The Labute approximate surface area is 140 Å². The summed E-state index contributed by atoms with van der Waals surface area (Å²) < 4.78 is 15.7. The summed E-state index contributed by atoms with van der Waals surface area (Å²) in [5.41, 5.74) is 1.25. The first-order chi connectivity index (χ1) is 11.1. The van der Waals surface area contributed by atoms with Crippen LogP contribution in [0.5, 0.6) is 0 Å². The van der Waals surface area contributed by atoms with E-state index < -0.39 is 0 Å².